The Bertz CT molecular complexity index is 511. The molecule has 1 rings (SSSR count). The van der Waals surface area contributed by atoms with Gasteiger partial charge in [0.25, 0.3) is 5.91 Å². The van der Waals surface area contributed by atoms with Gasteiger partial charge in [-0.1, -0.05) is 32.4 Å². The number of nitrogens with one attached hydrogen (secondary N) is 1. The lowest BCUT2D eigenvalue weighted by Crippen LogP contribution is -2.49. The van der Waals surface area contributed by atoms with Crippen molar-refractivity contribution in [3.63, 3.8) is 0 Å². The van der Waals surface area contributed by atoms with E-state index in [1.165, 1.54) is 6.07 Å². The third kappa shape index (κ3) is 4.21. The van der Waals surface area contributed by atoms with Crippen LogP contribution in [0.5, 0.6) is 0 Å². The lowest BCUT2D eigenvalue weighted by Gasteiger charge is -2.27. The maximum atomic E-state index is 12.1. The largest absolute Gasteiger partial charge is 0.480 e. The first kappa shape index (κ1) is 16.0. The summed E-state index contributed by atoms with van der Waals surface area (Å²) < 4.78 is 0.562. The number of halogens is 2. The lowest BCUT2D eigenvalue weighted by molar-refractivity contribution is -0.142. The van der Waals surface area contributed by atoms with Crippen molar-refractivity contribution in [2.75, 3.05) is 0 Å². The Hall–Kier alpha value is -1.07. The Labute approximate surface area is 125 Å². The molecule has 2 N–H and O–H groups in total. The van der Waals surface area contributed by atoms with E-state index in [-0.39, 0.29) is 0 Å². The van der Waals surface area contributed by atoms with Crippen molar-refractivity contribution in [1.82, 2.24) is 5.32 Å². The van der Waals surface area contributed by atoms with Crippen LogP contribution in [0, 0.1) is 5.41 Å². The molecule has 1 atom stereocenters. The summed E-state index contributed by atoms with van der Waals surface area (Å²) in [6, 6.07) is 3.79. The van der Waals surface area contributed by atoms with Gasteiger partial charge in [0.2, 0.25) is 0 Å². The maximum absolute atomic E-state index is 12.1. The molecule has 19 heavy (non-hydrogen) atoms. The molecule has 6 heteroatoms. The molecule has 0 fully saturated rings. The van der Waals surface area contributed by atoms with Crippen LogP contribution in [0.4, 0.5) is 0 Å². The number of carboxylic acids is 1. The molecule has 0 bridgehead atoms. The highest BCUT2D eigenvalue weighted by Crippen LogP contribution is 2.23. The maximum Gasteiger partial charge on any atom is 0.326 e. The van der Waals surface area contributed by atoms with Crippen LogP contribution < -0.4 is 5.32 Å². The zero-order valence-corrected chi connectivity index (χ0v) is 13.2. The quantitative estimate of drug-likeness (QED) is 0.880. The molecule has 1 aromatic rings. The summed E-state index contributed by atoms with van der Waals surface area (Å²) in [4.78, 5) is 23.3. The molecular formula is C13H15BrClNO3. The minimum Gasteiger partial charge on any atom is -0.480 e. The molecule has 1 amide bonds. The van der Waals surface area contributed by atoms with Crippen LogP contribution in [0.15, 0.2) is 22.7 Å². The zero-order chi connectivity index (χ0) is 14.8. The molecule has 0 aliphatic heterocycles. The smallest absolute Gasteiger partial charge is 0.326 e. The van der Waals surface area contributed by atoms with Crippen LogP contribution in [0.3, 0.4) is 0 Å². The number of hydrogen-bond donors (Lipinski definition) is 2. The standard InChI is InChI=1S/C13H15BrClNO3/c1-13(2,3)10(12(18)19)16-11(17)8-6-7(15)4-5-9(8)14/h4-6,10H,1-3H3,(H,16,17)(H,18,19)/t10-/m0/s1. The molecule has 0 spiro atoms. The Morgan fingerprint density at radius 3 is 2.42 bits per heavy atom. The first-order valence-corrected chi connectivity index (χ1v) is 6.78. The number of carbonyl (C=O) groups excluding carboxylic acids is 1. The second kappa shape index (κ2) is 5.92. The Morgan fingerprint density at radius 2 is 1.95 bits per heavy atom. The number of benzene rings is 1. The summed E-state index contributed by atoms with van der Waals surface area (Å²) in [5, 5.41) is 12.1. The SMILES string of the molecule is CC(C)(C)[C@@H](NC(=O)c1cc(Cl)ccc1Br)C(=O)O. The number of aliphatic carboxylic acids is 1. The predicted octanol–water partition coefficient (Wildman–Crippen LogP) is 3.33. The van der Waals surface area contributed by atoms with Gasteiger partial charge in [0.1, 0.15) is 6.04 Å². The van der Waals surface area contributed by atoms with E-state index in [1.807, 2.05) is 0 Å². The fourth-order valence-electron chi connectivity index (χ4n) is 1.53. The zero-order valence-electron chi connectivity index (χ0n) is 10.8. The predicted molar refractivity (Wildman–Crippen MR) is 77.5 cm³/mol. The van der Waals surface area contributed by atoms with Gasteiger partial charge in [0.15, 0.2) is 0 Å². The normalized spacial score (nSPS) is 12.9. The van der Waals surface area contributed by atoms with Gasteiger partial charge in [-0.15, -0.1) is 0 Å². The van der Waals surface area contributed by atoms with Gasteiger partial charge in [-0.3, -0.25) is 4.79 Å². The van der Waals surface area contributed by atoms with E-state index in [0.29, 0.717) is 15.1 Å². The topological polar surface area (TPSA) is 66.4 Å². The minimum absolute atomic E-state index is 0.308. The van der Waals surface area contributed by atoms with Crippen LogP contribution in [0.1, 0.15) is 31.1 Å². The minimum atomic E-state index is -1.07. The van der Waals surface area contributed by atoms with Crippen LogP contribution in [0.2, 0.25) is 5.02 Å². The van der Waals surface area contributed by atoms with Gasteiger partial charge in [-0.25, -0.2) is 4.79 Å². The van der Waals surface area contributed by atoms with Crippen LogP contribution in [-0.2, 0) is 4.79 Å². The highest BCUT2D eigenvalue weighted by atomic mass is 79.9. The molecule has 1 aromatic carbocycles. The fourth-order valence-corrected chi connectivity index (χ4v) is 2.13. The summed E-state index contributed by atoms with van der Waals surface area (Å²) in [7, 11) is 0. The molecule has 0 aromatic heterocycles. The van der Waals surface area contributed by atoms with Crippen molar-refractivity contribution >= 4 is 39.4 Å². The molecule has 0 unspecified atom stereocenters. The molecule has 0 saturated carbocycles. The van der Waals surface area contributed by atoms with E-state index in [9.17, 15) is 14.7 Å². The highest BCUT2D eigenvalue weighted by molar-refractivity contribution is 9.10. The lowest BCUT2D eigenvalue weighted by atomic mass is 9.86. The highest BCUT2D eigenvalue weighted by Gasteiger charge is 2.33. The Kier molecular flexibility index (Phi) is 4.98. The summed E-state index contributed by atoms with van der Waals surface area (Å²) in [5.74, 6) is -1.55. The third-order valence-electron chi connectivity index (χ3n) is 2.56. The average molecular weight is 349 g/mol. The second-order valence-corrected chi connectivity index (χ2v) is 6.53. The molecule has 0 radical (unpaired) electrons. The molecule has 0 heterocycles. The van der Waals surface area contributed by atoms with E-state index in [1.54, 1.807) is 32.9 Å². The van der Waals surface area contributed by atoms with Crippen molar-refractivity contribution < 1.29 is 14.7 Å². The van der Waals surface area contributed by atoms with Crippen molar-refractivity contribution in [3.05, 3.63) is 33.3 Å². The Morgan fingerprint density at radius 1 is 1.37 bits per heavy atom. The number of hydrogen-bond acceptors (Lipinski definition) is 2. The van der Waals surface area contributed by atoms with Gasteiger partial charge >= 0.3 is 5.97 Å². The van der Waals surface area contributed by atoms with Gasteiger partial charge in [0, 0.05) is 9.50 Å². The first-order chi connectivity index (χ1) is 8.62. The summed E-state index contributed by atoms with van der Waals surface area (Å²) >= 11 is 9.07. The van der Waals surface area contributed by atoms with Crippen LogP contribution in [-0.4, -0.2) is 23.0 Å². The van der Waals surface area contributed by atoms with Crippen molar-refractivity contribution in [3.8, 4) is 0 Å². The van der Waals surface area contributed by atoms with E-state index in [0.717, 1.165) is 0 Å². The van der Waals surface area contributed by atoms with Gasteiger partial charge in [-0.05, 0) is 39.5 Å². The summed E-state index contributed by atoms with van der Waals surface area (Å²) in [5.41, 5.74) is -0.282. The molecule has 0 saturated heterocycles. The molecule has 0 aliphatic carbocycles. The van der Waals surface area contributed by atoms with Crippen LogP contribution in [0.25, 0.3) is 0 Å². The fraction of sp³-hybridized carbons (Fsp3) is 0.385. The monoisotopic (exact) mass is 347 g/mol. The van der Waals surface area contributed by atoms with Gasteiger partial charge in [-0.2, -0.15) is 0 Å². The van der Waals surface area contributed by atoms with E-state index < -0.39 is 23.3 Å². The van der Waals surface area contributed by atoms with Crippen molar-refractivity contribution in [1.29, 1.82) is 0 Å². The average Bonchev–Trinajstić information content (AvgIpc) is 2.26. The molecule has 104 valence electrons. The van der Waals surface area contributed by atoms with E-state index in [2.05, 4.69) is 21.2 Å². The van der Waals surface area contributed by atoms with Gasteiger partial charge in [0.05, 0.1) is 5.56 Å². The molecular weight excluding hydrogens is 334 g/mol. The summed E-state index contributed by atoms with van der Waals surface area (Å²) in [6.07, 6.45) is 0. The molecule has 4 nitrogen and oxygen atoms in total. The second-order valence-electron chi connectivity index (χ2n) is 5.23. The summed E-state index contributed by atoms with van der Waals surface area (Å²) in [6.45, 7) is 5.25. The van der Waals surface area contributed by atoms with Crippen molar-refractivity contribution in [2.45, 2.75) is 26.8 Å². The van der Waals surface area contributed by atoms with Crippen LogP contribution >= 0.6 is 27.5 Å². The number of rotatable bonds is 3. The van der Waals surface area contributed by atoms with E-state index >= 15 is 0 Å². The van der Waals surface area contributed by atoms with E-state index in [4.69, 9.17) is 11.6 Å². The van der Waals surface area contributed by atoms with Gasteiger partial charge < -0.3 is 10.4 Å². The number of carbonyl (C=O) groups is 2. The Balaban J connectivity index is 3.01. The first-order valence-electron chi connectivity index (χ1n) is 5.61. The molecule has 0 aliphatic rings. The number of amides is 1. The van der Waals surface area contributed by atoms with Crippen molar-refractivity contribution in [2.24, 2.45) is 5.41 Å². The third-order valence-corrected chi connectivity index (χ3v) is 3.49. The number of carboxylic acid groups (broad SMARTS) is 1.